The summed E-state index contributed by atoms with van der Waals surface area (Å²) in [4.78, 5) is 14.2. The van der Waals surface area contributed by atoms with Crippen LogP contribution in [0.1, 0.15) is 66.0 Å². The number of halogens is 5. The van der Waals surface area contributed by atoms with E-state index in [9.17, 15) is 22.4 Å². The van der Waals surface area contributed by atoms with Crippen LogP contribution in [0.25, 0.3) is 11.1 Å². The number of rotatable bonds is 6. The Morgan fingerprint density at radius 3 is 2.50 bits per heavy atom. The normalized spacial score (nSPS) is 21.2. The molecule has 3 atom stereocenters. The summed E-state index contributed by atoms with van der Waals surface area (Å²) in [5.74, 6) is -4.11. The minimum absolute atomic E-state index is 0.0258. The van der Waals surface area contributed by atoms with E-state index in [0.29, 0.717) is 11.1 Å². The molecule has 0 aromatic heterocycles. The van der Waals surface area contributed by atoms with Gasteiger partial charge in [0.1, 0.15) is 23.5 Å². The second-order valence-electron chi connectivity index (χ2n) is 9.26. The first-order valence-corrected chi connectivity index (χ1v) is 11.7. The zero-order valence-electron chi connectivity index (χ0n) is 25.0. The Balaban J connectivity index is 1.85. The Kier molecular flexibility index (Phi) is 6.05. The smallest absolute Gasteiger partial charge is 0.416 e. The van der Waals surface area contributed by atoms with Crippen LogP contribution in [0.3, 0.4) is 0 Å². The van der Waals surface area contributed by atoms with Gasteiger partial charge in [-0.1, -0.05) is 25.9 Å². The maximum absolute atomic E-state index is 15.1. The van der Waals surface area contributed by atoms with Crippen molar-refractivity contribution in [1.29, 1.82) is 0 Å². The Bertz CT molecular complexity index is 1500. The van der Waals surface area contributed by atoms with E-state index >= 15 is 4.39 Å². The van der Waals surface area contributed by atoms with Crippen molar-refractivity contribution in [1.82, 2.24) is 4.90 Å². The molecule has 3 aromatic rings. The highest BCUT2D eigenvalue weighted by molar-refractivity contribution is 5.76. The number of aryl methyl sites for hydroxylation is 1. The predicted octanol–water partition coefficient (Wildman–Crippen LogP) is 8.17. The molecule has 1 aliphatic rings. The predicted molar refractivity (Wildman–Crippen MR) is 133 cm³/mol. The topological polar surface area (TPSA) is 38.8 Å². The first-order chi connectivity index (χ1) is 19.3. The quantitative estimate of drug-likeness (QED) is 0.298. The highest BCUT2D eigenvalue weighted by Crippen LogP contribution is 2.41. The van der Waals surface area contributed by atoms with Crippen LogP contribution in [0, 0.1) is 18.6 Å². The Labute approximate surface area is 223 Å². The van der Waals surface area contributed by atoms with Crippen molar-refractivity contribution in [3.63, 3.8) is 0 Å². The molecule has 0 N–H and O–H groups in total. The zero-order valence-corrected chi connectivity index (χ0v) is 21.0. The molecule has 0 bridgehead atoms. The van der Waals surface area contributed by atoms with Crippen LogP contribution in [0.15, 0.2) is 48.5 Å². The second kappa shape index (κ2) is 10.3. The Hall–Kier alpha value is -3.62. The highest BCUT2D eigenvalue weighted by atomic mass is 19.4. The van der Waals surface area contributed by atoms with E-state index < -0.39 is 66.5 Å². The molecule has 1 unspecified atom stereocenters. The third-order valence-electron chi connectivity index (χ3n) is 6.54. The fourth-order valence-electron chi connectivity index (χ4n) is 4.66. The number of hydrogen-bond acceptors (Lipinski definition) is 3. The van der Waals surface area contributed by atoms with Gasteiger partial charge < -0.3 is 9.47 Å². The summed E-state index contributed by atoms with van der Waals surface area (Å²) in [5, 5.41) is 0. The minimum Gasteiger partial charge on any atom is -0.496 e. The number of ether oxygens (including phenoxy) is 2. The van der Waals surface area contributed by atoms with E-state index in [0.717, 1.165) is 37.3 Å². The Morgan fingerprint density at radius 2 is 1.87 bits per heavy atom. The van der Waals surface area contributed by atoms with E-state index in [2.05, 4.69) is 0 Å². The number of methoxy groups -OCH3 is 1. The lowest BCUT2D eigenvalue weighted by molar-refractivity contribution is -0.137. The van der Waals surface area contributed by atoms with Crippen molar-refractivity contribution in [2.45, 2.75) is 58.4 Å². The second-order valence-corrected chi connectivity index (χ2v) is 9.26. The summed E-state index contributed by atoms with van der Waals surface area (Å²) < 4.78 is 113. The monoisotopic (exact) mass is 537 g/mol. The van der Waals surface area contributed by atoms with Crippen molar-refractivity contribution in [3.8, 4) is 16.9 Å². The number of benzene rings is 3. The van der Waals surface area contributed by atoms with Gasteiger partial charge in [0.25, 0.3) is 0 Å². The standard InChI is InChI=1S/C29H28F5NO3/c1-15(2)23-12-24(26(37-5)13-25(23)31)22-7-6-20(29(32,33)34)10-19(22)14-35-17(4)27(38-28(35)36)18-8-16(3)9-21(30)11-18/h6-13,15,17,27H,14H2,1-5H3/t17-,27-/m0/s1/i1D3,15D/t15?,17-,27-. The SMILES string of the molecule is [2H]C([2H])([2H])C([2H])(C)c1cc(-c2ccc(C(F)(F)F)cc2CN2C(=O)O[C@H](c3cc(C)cc(F)c3)[C@@H]2C)c(OC)cc1F. The molecule has 9 heteroatoms. The summed E-state index contributed by atoms with van der Waals surface area (Å²) in [5.41, 5.74) is -0.479. The zero-order chi connectivity index (χ0) is 31.4. The van der Waals surface area contributed by atoms with Crippen molar-refractivity contribution in [2.24, 2.45) is 0 Å². The van der Waals surface area contributed by atoms with Gasteiger partial charge in [-0.2, -0.15) is 13.2 Å². The molecular weight excluding hydrogens is 505 g/mol. The van der Waals surface area contributed by atoms with Crippen LogP contribution in [-0.2, 0) is 17.5 Å². The minimum atomic E-state index is -4.74. The lowest BCUT2D eigenvalue weighted by Gasteiger charge is -2.24. The first-order valence-electron chi connectivity index (χ1n) is 13.7. The third-order valence-corrected chi connectivity index (χ3v) is 6.54. The van der Waals surface area contributed by atoms with E-state index in [1.807, 2.05) is 0 Å². The number of nitrogens with zero attached hydrogens (tertiary/aromatic N) is 1. The van der Waals surface area contributed by atoms with E-state index in [4.69, 9.17) is 15.0 Å². The molecule has 4 rings (SSSR count). The van der Waals surface area contributed by atoms with Gasteiger partial charge in [-0.3, -0.25) is 4.90 Å². The molecule has 0 aliphatic carbocycles. The summed E-state index contributed by atoms with van der Waals surface area (Å²) in [6, 6.07) is 8.14. The van der Waals surface area contributed by atoms with Crippen LogP contribution in [0.2, 0.25) is 0 Å². The molecule has 1 aliphatic heterocycles. The van der Waals surface area contributed by atoms with Crippen LogP contribution >= 0.6 is 0 Å². The number of amides is 1. The van der Waals surface area contributed by atoms with E-state index in [1.165, 1.54) is 24.1 Å². The number of cyclic esters (lactones) is 1. The number of carbonyl (C=O) groups is 1. The summed E-state index contributed by atoms with van der Waals surface area (Å²) in [6.07, 6.45) is -6.49. The molecular formula is C29H28F5NO3. The van der Waals surface area contributed by atoms with Crippen molar-refractivity contribution < 1.29 is 41.7 Å². The molecule has 1 amide bonds. The Morgan fingerprint density at radius 1 is 1.13 bits per heavy atom. The molecule has 1 saturated heterocycles. The van der Waals surface area contributed by atoms with Gasteiger partial charge in [-0.05, 0) is 77.9 Å². The maximum atomic E-state index is 15.1. The van der Waals surface area contributed by atoms with Gasteiger partial charge in [-0.25, -0.2) is 13.6 Å². The molecule has 202 valence electrons. The van der Waals surface area contributed by atoms with E-state index in [-0.39, 0.29) is 22.4 Å². The molecule has 0 spiro atoms. The fraction of sp³-hybridized carbons (Fsp3) is 0.345. The number of hydrogen-bond donors (Lipinski definition) is 0. The summed E-state index contributed by atoms with van der Waals surface area (Å²) in [7, 11) is 1.21. The largest absolute Gasteiger partial charge is 0.496 e. The fourth-order valence-corrected chi connectivity index (χ4v) is 4.66. The van der Waals surface area contributed by atoms with Crippen LogP contribution in [-0.4, -0.2) is 24.1 Å². The highest BCUT2D eigenvalue weighted by Gasteiger charge is 2.41. The average Bonchev–Trinajstić information content (AvgIpc) is 3.15. The molecule has 1 fully saturated rings. The average molecular weight is 538 g/mol. The van der Waals surface area contributed by atoms with Crippen molar-refractivity contribution >= 4 is 6.09 Å². The van der Waals surface area contributed by atoms with Gasteiger partial charge in [0.2, 0.25) is 0 Å². The van der Waals surface area contributed by atoms with Gasteiger partial charge >= 0.3 is 12.3 Å². The molecule has 3 aromatic carbocycles. The molecule has 38 heavy (non-hydrogen) atoms. The van der Waals surface area contributed by atoms with E-state index in [1.54, 1.807) is 19.9 Å². The molecule has 0 radical (unpaired) electrons. The summed E-state index contributed by atoms with van der Waals surface area (Å²) >= 11 is 0. The lowest BCUT2D eigenvalue weighted by Crippen LogP contribution is -2.31. The maximum Gasteiger partial charge on any atom is 0.416 e. The molecule has 1 heterocycles. The van der Waals surface area contributed by atoms with Gasteiger partial charge in [0.05, 0.1) is 25.3 Å². The molecule has 4 nitrogen and oxygen atoms in total. The summed E-state index contributed by atoms with van der Waals surface area (Å²) in [6.45, 7) is 0.957. The van der Waals surface area contributed by atoms with Crippen molar-refractivity contribution in [3.05, 3.63) is 88.0 Å². The van der Waals surface area contributed by atoms with Crippen LogP contribution in [0.5, 0.6) is 5.75 Å². The third kappa shape index (κ3) is 5.33. The molecule has 0 saturated carbocycles. The van der Waals surface area contributed by atoms with Crippen LogP contribution in [0.4, 0.5) is 26.7 Å². The van der Waals surface area contributed by atoms with Gasteiger partial charge in [0.15, 0.2) is 0 Å². The first kappa shape index (κ1) is 22.4. The number of carbonyl (C=O) groups excluding carboxylic acids is 1. The van der Waals surface area contributed by atoms with Crippen LogP contribution < -0.4 is 4.74 Å². The van der Waals surface area contributed by atoms with Crippen molar-refractivity contribution in [2.75, 3.05) is 7.11 Å². The lowest BCUT2D eigenvalue weighted by atomic mass is 9.92. The number of alkyl halides is 3. The van der Waals surface area contributed by atoms with Gasteiger partial charge in [-0.15, -0.1) is 0 Å². The van der Waals surface area contributed by atoms with Gasteiger partial charge in [0, 0.05) is 17.1 Å².